The van der Waals surface area contributed by atoms with E-state index in [4.69, 9.17) is 9.47 Å². The summed E-state index contributed by atoms with van der Waals surface area (Å²) in [5.41, 5.74) is 2.84. The number of hydrogen-bond donors (Lipinski definition) is 1. The minimum absolute atomic E-state index is 0.0610. The number of amides is 1. The summed E-state index contributed by atoms with van der Waals surface area (Å²) in [6.45, 7) is 8.94. The molecule has 140 valence electrons. The minimum atomic E-state index is 0.0610. The van der Waals surface area contributed by atoms with Gasteiger partial charge in [-0.25, -0.2) is 0 Å². The van der Waals surface area contributed by atoms with E-state index in [1.807, 2.05) is 0 Å². The molecule has 5 heteroatoms. The van der Waals surface area contributed by atoms with Gasteiger partial charge >= 0.3 is 0 Å². The van der Waals surface area contributed by atoms with Gasteiger partial charge in [-0.15, -0.1) is 6.58 Å². The molecule has 0 bridgehead atoms. The molecule has 1 aliphatic carbocycles. The van der Waals surface area contributed by atoms with Crippen LogP contribution in [0.2, 0.25) is 0 Å². The van der Waals surface area contributed by atoms with E-state index >= 15 is 0 Å². The van der Waals surface area contributed by atoms with Gasteiger partial charge in [0, 0.05) is 24.5 Å². The first kappa shape index (κ1) is 17.4. The van der Waals surface area contributed by atoms with E-state index in [2.05, 4.69) is 35.9 Å². The topological polar surface area (TPSA) is 50.8 Å². The smallest absolute Gasteiger partial charge is 0.234 e. The Bertz CT molecular complexity index is 709. The monoisotopic (exact) mass is 356 g/mol. The fraction of sp³-hybridized carbons (Fsp3) is 0.571. The molecule has 2 heterocycles. The van der Waals surface area contributed by atoms with Crippen LogP contribution in [0.15, 0.2) is 24.8 Å². The summed E-state index contributed by atoms with van der Waals surface area (Å²) in [5.74, 6) is 1.78. The quantitative estimate of drug-likeness (QED) is 0.843. The highest BCUT2D eigenvalue weighted by Gasteiger charge is 2.45. The number of nitrogens with zero attached hydrogens (tertiary/aromatic N) is 1. The average molecular weight is 356 g/mol. The highest BCUT2D eigenvalue weighted by atomic mass is 16.6. The van der Waals surface area contributed by atoms with Crippen molar-refractivity contribution in [3.8, 4) is 11.5 Å². The summed E-state index contributed by atoms with van der Waals surface area (Å²) in [7, 11) is 0. The lowest BCUT2D eigenvalue weighted by atomic mass is 9.71. The molecule has 1 amide bonds. The molecule has 4 rings (SSSR count). The molecule has 1 aromatic rings. The van der Waals surface area contributed by atoms with Crippen molar-refractivity contribution in [2.45, 2.75) is 44.1 Å². The summed E-state index contributed by atoms with van der Waals surface area (Å²) in [4.78, 5) is 14.6. The van der Waals surface area contributed by atoms with Crippen LogP contribution in [0, 0.1) is 0 Å². The van der Waals surface area contributed by atoms with Crippen molar-refractivity contribution in [3.05, 3.63) is 35.9 Å². The van der Waals surface area contributed by atoms with Crippen LogP contribution in [-0.2, 0) is 10.2 Å². The van der Waals surface area contributed by atoms with Crippen molar-refractivity contribution in [2.24, 2.45) is 0 Å². The van der Waals surface area contributed by atoms with Gasteiger partial charge in [-0.05, 0) is 43.0 Å². The van der Waals surface area contributed by atoms with Crippen LogP contribution in [0.5, 0.6) is 11.5 Å². The molecule has 1 atom stereocenters. The second kappa shape index (κ2) is 6.95. The molecule has 1 saturated carbocycles. The molecule has 1 fully saturated rings. The Labute approximate surface area is 155 Å². The largest absolute Gasteiger partial charge is 0.486 e. The molecular weight excluding hydrogens is 328 g/mol. The maximum Gasteiger partial charge on any atom is 0.234 e. The van der Waals surface area contributed by atoms with Crippen LogP contribution >= 0.6 is 0 Å². The van der Waals surface area contributed by atoms with Crippen LogP contribution in [-0.4, -0.2) is 43.7 Å². The number of nitrogens with one attached hydrogen (secondary N) is 1. The predicted molar refractivity (Wildman–Crippen MR) is 101 cm³/mol. The third-order valence-electron chi connectivity index (χ3n) is 6.14. The Morgan fingerprint density at radius 3 is 2.69 bits per heavy atom. The van der Waals surface area contributed by atoms with Crippen molar-refractivity contribution in [2.75, 3.05) is 32.8 Å². The van der Waals surface area contributed by atoms with E-state index in [1.165, 1.54) is 36.8 Å². The van der Waals surface area contributed by atoms with Gasteiger partial charge in [0.05, 0.1) is 6.54 Å². The third kappa shape index (κ3) is 2.98. The molecule has 0 aromatic heterocycles. The summed E-state index contributed by atoms with van der Waals surface area (Å²) >= 11 is 0. The molecule has 2 aliphatic heterocycles. The zero-order valence-electron chi connectivity index (χ0n) is 15.6. The van der Waals surface area contributed by atoms with Crippen LogP contribution in [0.4, 0.5) is 0 Å². The molecule has 1 spiro atoms. The van der Waals surface area contributed by atoms with Crippen LogP contribution in [0.3, 0.4) is 0 Å². The number of benzene rings is 1. The van der Waals surface area contributed by atoms with Crippen LogP contribution < -0.4 is 14.8 Å². The molecule has 26 heavy (non-hydrogen) atoms. The first-order valence-electron chi connectivity index (χ1n) is 9.69. The first-order chi connectivity index (χ1) is 12.6. The highest BCUT2D eigenvalue weighted by Crippen LogP contribution is 2.51. The fourth-order valence-corrected chi connectivity index (χ4v) is 4.82. The van der Waals surface area contributed by atoms with Gasteiger partial charge in [0.1, 0.15) is 13.2 Å². The lowest BCUT2D eigenvalue weighted by Crippen LogP contribution is -2.49. The fourth-order valence-electron chi connectivity index (χ4n) is 4.82. The number of hydrogen-bond acceptors (Lipinski definition) is 4. The van der Waals surface area contributed by atoms with Crippen LogP contribution in [0.25, 0.3) is 0 Å². The number of fused-ring (bicyclic) bond motifs is 3. The number of rotatable bonds is 4. The Kier molecular flexibility index (Phi) is 4.65. The second-order valence-corrected chi connectivity index (χ2v) is 7.74. The molecule has 1 unspecified atom stereocenters. The maximum atomic E-state index is 12.3. The van der Waals surface area contributed by atoms with Gasteiger partial charge in [-0.2, -0.15) is 0 Å². The highest BCUT2D eigenvalue weighted by molar-refractivity contribution is 5.78. The Balaban J connectivity index is 1.68. The van der Waals surface area contributed by atoms with Crippen molar-refractivity contribution < 1.29 is 14.3 Å². The number of carbonyl (C=O) groups is 1. The molecule has 0 radical (unpaired) electrons. The zero-order chi connectivity index (χ0) is 18.1. The van der Waals surface area contributed by atoms with Gasteiger partial charge in [-0.1, -0.05) is 18.9 Å². The Morgan fingerprint density at radius 1 is 1.31 bits per heavy atom. The maximum absolute atomic E-state index is 12.3. The average Bonchev–Trinajstić information content (AvgIpc) is 3.12. The second-order valence-electron chi connectivity index (χ2n) is 7.74. The van der Waals surface area contributed by atoms with Crippen molar-refractivity contribution in [1.82, 2.24) is 10.2 Å². The van der Waals surface area contributed by atoms with E-state index < -0.39 is 0 Å². The molecule has 1 aromatic carbocycles. The zero-order valence-corrected chi connectivity index (χ0v) is 15.6. The lowest BCUT2D eigenvalue weighted by molar-refractivity contribution is -0.123. The normalized spacial score (nSPS) is 23.5. The molecule has 5 nitrogen and oxygen atoms in total. The molecule has 1 N–H and O–H groups in total. The first-order valence-corrected chi connectivity index (χ1v) is 9.69. The SMILES string of the molecule is C=CCNC(=O)CN1CC2(CCCC2)c2cc3c(cc2C1C)OCCO3. The number of carbonyl (C=O) groups excluding carboxylic acids is 1. The van der Waals surface area contributed by atoms with Gasteiger partial charge < -0.3 is 14.8 Å². The van der Waals surface area contributed by atoms with Crippen molar-refractivity contribution >= 4 is 5.91 Å². The molecule has 0 saturated heterocycles. The Hall–Kier alpha value is -2.01. The number of ether oxygens (including phenoxy) is 2. The van der Waals surface area contributed by atoms with Gasteiger partial charge in [-0.3, -0.25) is 9.69 Å². The van der Waals surface area contributed by atoms with Gasteiger partial charge in [0.2, 0.25) is 5.91 Å². The van der Waals surface area contributed by atoms with E-state index in [0.29, 0.717) is 26.3 Å². The standard InChI is InChI=1S/C21H28N2O3/c1-3-8-22-20(24)13-23-14-21(6-4-5-7-21)17-12-19-18(25-9-10-26-19)11-16(17)15(23)2/h3,11-12,15H,1,4-10,13-14H2,2H3,(H,22,24). The third-order valence-corrected chi connectivity index (χ3v) is 6.14. The van der Waals surface area contributed by atoms with E-state index in [9.17, 15) is 4.79 Å². The lowest BCUT2D eigenvalue weighted by Gasteiger charge is -2.46. The predicted octanol–water partition coefficient (Wildman–Crippen LogP) is 2.95. The summed E-state index contributed by atoms with van der Waals surface area (Å²) in [6.07, 6.45) is 6.57. The summed E-state index contributed by atoms with van der Waals surface area (Å²) in [5, 5.41) is 2.91. The van der Waals surface area contributed by atoms with E-state index in [1.54, 1.807) is 6.08 Å². The summed E-state index contributed by atoms with van der Waals surface area (Å²) in [6, 6.07) is 4.56. The molecular formula is C21H28N2O3. The molecule has 3 aliphatic rings. The van der Waals surface area contributed by atoms with E-state index in [0.717, 1.165) is 18.0 Å². The summed E-state index contributed by atoms with van der Waals surface area (Å²) < 4.78 is 11.7. The van der Waals surface area contributed by atoms with Crippen molar-refractivity contribution in [1.29, 1.82) is 0 Å². The van der Waals surface area contributed by atoms with Crippen LogP contribution in [0.1, 0.15) is 49.8 Å². The van der Waals surface area contributed by atoms with Crippen molar-refractivity contribution in [3.63, 3.8) is 0 Å². The minimum Gasteiger partial charge on any atom is -0.486 e. The van der Waals surface area contributed by atoms with Gasteiger partial charge in [0.15, 0.2) is 11.5 Å². The van der Waals surface area contributed by atoms with E-state index in [-0.39, 0.29) is 17.4 Å². The van der Waals surface area contributed by atoms with Gasteiger partial charge in [0.25, 0.3) is 0 Å². The Morgan fingerprint density at radius 2 is 2.00 bits per heavy atom.